The standard InChI is InChI=1S/C20H32O3S/c1-2-3-4-5-6-7-8-9-10-11-12-13-16-19(24)18(21)15-14-17-20(22)23/h6-7,9-13,16,18-19,21,24H,2-5,8,14-15,17H2,1H3,(H,22,23)/b7-6+,10-9+,12-11+,16-13+/t18-,19+/m1/s1. The molecule has 0 rings (SSSR count). The molecule has 0 amide bonds. The highest BCUT2D eigenvalue weighted by Gasteiger charge is 2.12. The van der Waals surface area contributed by atoms with Crippen LogP contribution < -0.4 is 0 Å². The van der Waals surface area contributed by atoms with Gasteiger partial charge in [0.25, 0.3) is 0 Å². The maximum Gasteiger partial charge on any atom is 0.303 e. The largest absolute Gasteiger partial charge is 0.481 e. The highest BCUT2D eigenvalue weighted by Crippen LogP contribution is 2.11. The molecule has 0 aliphatic heterocycles. The lowest BCUT2D eigenvalue weighted by Gasteiger charge is -2.13. The predicted octanol–water partition coefficient (Wildman–Crippen LogP) is 5.10. The molecular weight excluding hydrogens is 320 g/mol. The van der Waals surface area contributed by atoms with Gasteiger partial charge < -0.3 is 10.2 Å². The van der Waals surface area contributed by atoms with Crippen molar-refractivity contribution in [2.24, 2.45) is 0 Å². The summed E-state index contributed by atoms with van der Waals surface area (Å²) in [5.41, 5.74) is 0. The van der Waals surface area contributed by atoms with Crippen LogP contribution in [0.25, 0.3) is 0 Å². The summed E-state index contributed by atoms with van der Waals surface area (Å²) in [6, 6.07) is 0. The van der Waals surface area contributed by atoms with Gasteiger partial charge in [-0.25, -0.2) is 0 Å². The van der Waals surface area contributed by atoms with Crippen LogP contribution in [0.15, 0.2) is 48.6 Å². The van der Waals surface area contributed by atoms with Gasteiger partial charge in [0.15, 0.2) is 0 Å². The molecule has 0 spiro atoms. The molecule has 0 aromatic heterocycles. The Labute approximate surface area is 152 Å². The molecule has 0 aromatic rings. The van der Waals surface area contributed by atoms with Gasteiger partial charge in [-0.15, -0.1) is 0 Å². The molecule has 0 radical (unpaired) electrons. The van der Waals surface area contributed by atoms with Crippen molar-refractivity contribution in [1.82, 2.24) is 0 Å². The van der Waals surface area contributed by atoms with Crippen molar-refractivity contribution >= 4 is 18.6 Å². The van der Waals surface area contributed by atoms with Crippen molar-refractivity contribution in [3.8, 4) is 0 Å². The van der Waals surface area contributed by atoms with E-state index in [0.717, 1.165) is 6.42 Å². The fraction of sp³-hybridized carbons (Fsp3) is 0.550. The molecule has 0 saturated heterocycles. The molecule has 0 fully saturated rings. The number of carbonyl (C=O) groups is 1. The van der Waals surface area contributed by atoms with Crippen LogP contribution in [-0.2, 0) is 4.79 Å². The zero-order valence-corrected chi connectivity index (χ0v) is 15.6. The minimum absolute atomic E-state index is 0.0824. The maximum absolute atomic E-state index is 10.4. The lowest BCUT2D eigenvalue weighted by molar-refractivity contribution is -0.137. The van der Waals surface area contributed by atoms with Crippen molar-refractivity contribution < 1.29 is 15.0 Å². The maximum atomic E-state index is 10.4. The number of carboxylic acids is 1. The number of unbranched alkanes of at least 4 members (excludes halogenated alkanes) is 3. The van der Waals surface area contributed by atoms with E-state index in [4.69, 9.17) is 5.11 Å². The van der Waals surface area contributed by atoms with Crippen molar-refractivity contribution in [3.63, 3.8) is 0 Å². The molecule has 0 aromatic carbocycles. The zero-order chi connectivity index (χ0) is 18.0. The molecule has 3 nitrogen and oxygen atoms in total. The van der Waals surface area contributed by atoms with E-state index < -0.39 is 12.1 Å². The Morgan fingerprint density at radius 1 is 1.04 bits per heavy atom. The first-order valence-corrected chi connectivity index (χ1v) is 9.32. The molecule has 136 valence electrons. The van der Waals surface area contributed by atoms with E-state index in [2.05, 4.69) is 37.8 Å². The normalized spacial score (nSPS) is 15.1. The highest BCUT2D eigenvalue weighted by molar-refractivity contribution is 7.81. The lowest BCUT2D eigenvalue weighted by atomic mass is 10.1. The van der Waals surface area contributed by atoms with Crippen LogP contribution in [0.1, 0.15) is 58.3 Å². The van der Waals surface area contributed by atoms with E-state index in [1.165, 1.54) is 25.7 Å². The summed E-state index contributed by atoms with van der Waals surface area (Å²) in [6.45, 7) is 2.21. The molecule has 0 bridgehead atoms. The van der Waals surface area contributed by atoms with Crippen molar-refractivity contribution in [1.29, 1.82) is 0 Å². The smallest absolute Gasteiger partial charge is 0.303 e. The van der Waals surface area contributed by atoms with Crippen molar-refractivity contribution in [3.05, 3.63) is 48.6 Å². The van der Waals surface area contributed by atoms with Gasteiger partial charge >= 0.3 is 5.97 Å². The minimum atomic E-state index is -0.834. The third-order valence-corrected chi connectivity index (χ3v) is 3.99. The van der Waals surface area contributed by atoms with Gasteiger partial charge in [0.05, 0.1) is 6.10 Å². The minimum Gasteiger partial charge on any atom is -0.481 e. The third kappa shape index (κ3) is 15.6. The van der Waals surface area contributed by atoms with Crippen LogP contribution in [0.3, 0.4) is 0 Å². The Morgan fingerprint density at radius 3 is 2.50 bits per heavy atom. The van der Waals surface area contributed by atoms with Gasteiger partial charge in [0.2, 0.25) is 0 Å². The van der Waals surface area contributed by atoms with Gasteiger partial charge in [0, 0.05) is 11.7 Å². The van der Waals surface area contributed by atoms with Crippen LogP contribution in [0.5, 0.6) is 0 Å². The quantitative estimate of drug-likeness (QED) is 0.176. The van der Waals surface area contributed by atoms with Gasteiger partial charge in [-0.3, -0.25) is 4.79 Å². The Kier molecular flexibility index (Phi) is 15.7. The SMILES string of the molecule is CCCCC/C=C/C/C=C/C=C/C=C/[C@H](S)[C@H](O)CCCC(=O)O. The molecule has 2 N–H and O–H groups in total. The fourth-order valence-electron chi connectivity index (χ4n) is 2.03. The molecular formula is C20H32O3S. The third-order valence-electron chi connectivity index (χ3n) is 3.48. The number of carboxylic acid groups (broad SMARTS) is 1. The number of aliphatic hydroxyl groups excluding tert-OH is 1. The number of allylic oxidation sites excluding steroid dienone is 7. The second kappa shape index (κ2) is 16.6. The van der Waals surface area contributed by atoms with E-state index in [1.807, 2.05) is 30.4 Å². The monoisotopic (exact) mass is 352 g/mol. The first-order valence-electron chi connectivity index (χ1n) is 8.80. The summed E-state index contributed by atoms with van der Waals surface area (Å²) in [4.78, 5) is 10.4. The van der Waals surface area contributed by atoms with E-state index in [-0.39, 0.29) is 11.7 Å². The van der Waals surface area contributed by atoms with Gasteiger partial charge in [-0.1, -0.05) is 68.4 Å². The fourth-order valence-corrected chi connectivity index (χ4v) is 2.28. The van der Waals surface area contributed by atoms with Crippen LogP contribution in [0, 0.1) is 0 Å². The molecule has 24 heavy (non-hydrogen) atoms. The number of aliphatic hydroxyl groups is 1. The highest BCUT2D eigenvalue weighted by atomic mass is 32.1. The Hall–Kier alpha value is -1.26. The van der Waals surface area contributed by atoms with Gasteiger partial charge in [-0.2, -0.15) is 12.6 Å². The van der Waals surface area contributed by atoms with Crippen LogP contribution >= 0.6 is 12.6 Å². The molecule has 0 saturated carbocycles. The number of hydrogen-bond donors (Lipinski definition) is 3. The molecule has 0 unspecified atom stereocenters. The number of aliphatic carboxylic acids is 1. The summed E-state index contributed by atoms with van der Waals surface area (Å²) in [7, 11) is 0. The number of thiol groups is 1. The van der Waals surface area contributed by atoms with Crippen LogP contribution in [0.2, 0.25) is 0 Å². The van der Waals surface area contributed by atoms with Crippen LogP contribution in [-0.4, -0.2) is 27.5 Å². The zero-order valence-electron chi connectivity index (χ0n) is 14.7. The summed E-state index contributed by atoms with van der Waals surface area (Å²) in [5, 5.41) is 18.1. The van der Waals surface area contributed by atoms with E-state index in [9.17, 15) is 9.90 Å². The van der Waals surface area contributed by atoms with Gasteiger partial charge in [0.1, 0.15) is 0 Å². The second-order valence-corrected chi connectivity index (χ2v) is 6.34. The number of hydrogen-bond acceptors (Lipinski definition) is 3. The van der Waals surface area contributed by atoms with Gasteiger partial charge in [-0.05, 0) is 32.1 Å². The van der Waals surface area contributed by atoms with E-state index >= 15 is 0 Å². The topological polar surface area (TPSA) is 57.5 Å². The first-order chi connectivity index (χ1) is 11.6. The van der Waals surface area contributed by atoms with Crippen molar-refractivity contribution in [2.45, 2.75) is 69.6 Å². The van der Waals surface area contributed by atoms with E-state index in [0.29, 0.717) is 12.8 Å². The average Bonchev–Trinajstić information content (AvgIpc) is 2.55. The van der Waals surface area contributed by atoms with E-state index in [1.54, 1.807) is 0 Å². The Bertz CT molecular complexity index is 425. The Morgan fingerprint density at radius 2 is 1.79 bits per heavy atom. The molecule has 2 atom stereocenters. The molecule has 0 heterocycles. The molecule has 0 aliphatic rings. The van der Waals surface area contributed by atoms with Crippen molar-refractivity contribution in [2.75, 3.05) is 0 Å². The number of rotatable bonds is 14. The average molecular weight is 353 g/mol. The predicted molar refractivity (Wildman–Crippen MR) is 106 cm³/mol. The summed E-state index contributed by atoms with van der Waals surface area (Å²) in [5.74, 6) is -0.834. The van der Waals surface area contributed by atoms with Crippen LogP contribution in [0.4, 0.5) is 0 Å². The second-order valence-electron chi connectivity index (χ2n) is 5.74. The summed E-state index contributed by atoms with van der Waals surface area (Å²) < 4.78 is 0. The summed E-state index contributed by atoms with van der Waals surface area (Å²) in [6.07, 6.45) is 22.3. The lowest BCUT2D eigenvalue weighted by Crippen LogP contribution is -2.19. The molecule has 0 aliphatic carbocycles. The Balaban J connectivity index is 3.81. The first kappa shape index (κ1) is 22.7. The molecule has 4 heteroatoms. The summed E-state index contributed by atoms with van der Waals surface area (Å²) >= 11 is 4.31.